The van der Waals surface area contributed by atoms with Crippen LogP contribution in [0.25, 0.3) is 16.3 Å². The highest BCUT2D eigenvalue weighted by atomic mass is 16.1. The lowest BCUT2D eigenvalue weighted by molar-refractivity contribution is 0.476. The van der Waals surface area contributed by atoms with Gasteiger partial charge in [0.25, 0.3) is 5.56 Å². The van der Waals surface area contributed by atoms with E-state index >= 15 is 0 Å². The minimum absolute atomic E-state index is 0.110. The van der Waals surface area contributed by atoms with E-state index < -0.39 is 0 Å². The van der Waals surface area contributed by atoms with Gasteiger partial charge in [-0.25, -0.2) is 5.10 Å². The fraction of sp³-hybridized carbons (Fsp3) is 0.304. The summed E-state index contributed by atoms with van der Waals surface area (Å²) in [6.07, 6.45) is 7.67. The molecule has 1 aliphatic heterocycles. The van der Waals surface area contributed by atoms with Gasteiger partial charge in [0.2, 0.25) is 0 Å². The summed E-state index contributed by atoms with van der Waals surface area (Å²) in [4.78, 5) is 11.9. The molecule has 4 rings (SSSR count). The van der Waals surface area contributed by atoms with Crippen LogP contribution in [-0.4, -0.2) is 22.8 Å². The van der Waals surface area contributed by atoms with E-state index in [0.717, 1.165) is 55.1 Å². The Bertz CT molecular complexity index is 991. The highest BCUT2D eigenvalue weighted by molar-refractivity contribution is 5.83. The molecule has 2 heterocycles. The molecule has 27 heavy (non-hydrogen) atoms. The van der Waals surface area contributed by atoms with Gasteiger partial charge in [-0.3, -0.25) is 4.79 Å². The average molecular weight is 359 g/mol. The van der Waals surface area contributed by atoms with Gasteiger partial charge in [0, 0.05) is 18.0 Å². The minimum atomic E-state index is -0.110. The molecule has 2 N–H and O–H groups in total. The standard InChI is InChI=1S/C23H25N3O/c27-23-21-12-6-5-11-20(21)22(25-26-23)13-7-4-10-19-16-18(14-15-24-19)17-8-2-1-3-9-17/h1-3,5-6,8-9,11-12,14,19,24H,4,7,10,13,15-16H2,(H,26,27). The molecule has 0 amide bonds. The first-order valence-corrected chi connectivity index (χ1v) is 9.75. The maximum Gasteiger partial charge on any atom is 0.272 e. The monoisotopic (exact) mass is 359 g/mol. The Morgan fingerprint density at radius 3 is 2.59 bits per heavy atom. The van der Waals surface area contributed by atoms with Crippen molar-refractivity contribution in [2.24, 2.45) is 0 Å². The molecule has 0 radical (unpaired) electrons. The number of rotatable bonds is 6. The van der Waals surface area contributed by atoms with E-state index in [-0.39, 0.29) is 5.56 Å². The van der Waals surface area contributed by atoms with Crippen LogP contribution in [0.2, 0.25) is 0 Å². The number of aromatic amines is 1. The van der Waals surface area contributed by atoms with E-state index in [0.29, 0.717) is 6.04 Å². The van der Waals surface area contributed by atoms with Crippen molar-refractivity contribution in [3.63, 3.8) is 0 Å². The molecule has 1 aromatic heterocycles. The van der Waals surface area contributed by atoms with Crippen molar-refractivity contribution in [3.05, 3.63) is 82.3 Å². The van der Waals surface area contributed by atoms with Crippen molar-refractivity contribution in [1.82, 2.24) is 15.5 Å². The summed E-state index contributed by atoms with van der Waals surface area (Å²) >= 11 is 0. The van der Waals surface area contributed by atoms with E-state index in [1.165, 1.54) is 11.1 Å². The van der Waals surface area contributed by atoms with Gasteiger partial charge in [-0.05, 0) is 42.9 Å². The minimum Gasteiger partial charge on any atom is -0.310 e. The van der Waals surface area contributed by atoms with Crippen molar-refractivity contribution >= 4 is 16.3 Å². The fourth-order valence-electron chi connectivity index (χ4n) is 3.91. The number of aromatic nitrogens is 2. The number of fused-ring (bicyclic) bond motifs is 1. The molecule has 0 saturated carbocycles. The van der Waals surface area contributed by atoms with Gasteiger partial charge < -0.3 is 5.32 Å². The van der Waals surface area contributed by atoms with E-state index in [9.17, 15) is 4.79 Å². The molecule has 0 spiro atoms. The number of H-pyrrole nitrogens is 1. The number of nitrogens with one attached hydrogen (secondary N) is 2. The lowest BCUT2D eigenvalue weighted by atomic mass is 9.92. The fourth-order valence-corrected chi connectivity index (χ4v) is 3.91. The van der Waals surface area contributed by atoms with Gasteiger partial charge in [0.1, 0.15) is 0 Å². The summed E-state index contributed by atoms with van der Waals surface area (Å²) in [5.41, 5.74) is 3.67. The van der Waals surface area contributed by atoms with E-state index in [4.69, 9.17) is 0 Å². The van der Waals surface area contributed by atoms with E-state index in [1.54, 1.807) is 0 Å². The summed E-state index contributed by atoms with van der Waals surface area (Å²) in [6.45, 7) is 0.945. The molecule has 4 heteroatoms. The number of aryl methyl sites for hydroxylation is 1. The van der Waals surface area contributed by atoms with Crippen molar-refractivity contribution in [2.75, 3.05) is 6.54 Å². The van der Waals surface area contributed by atoms with Crippen LogP contribution in [0, 0.1) is 0 Å². The predicted molar refractivity (Wildman–Crippen MR) is 111 cm³/mol. The molecular formula is C23H25N3O. The van der Waals surface area contributed by atoms with Gasteiger partial charge in [-0.2, -0.15) is 5.10 Å². The Morgan fingerprint density at radius 2 is 1.74 bits per heavy atom. The molecule has 0 bridgehead atoms. The highest BCUT2D eigenvalue weighted by Gasteiger charge is 2.15. The zero-order valence-corrected chi connectivity index (χ0v) is 15.4. The lowest BCUT2D eigenvalue weighted by Gasteiger charge is -2.24. The van der Waals surface area contributed by atoms with Crippen LogP contribution in [0.4, 0.5) is 0 Å². The normalized spacial score (nSPS) is 17.0. The van der Waals surface area contributed by atoms with Crippen LogP contribution in [-0.2, 0) is 6.42 Å². The summed E-state index contributed by atoms with van der Waals surface area (Å²) in [6, 6.07) is 18.9. The highest BCUT2D eigenvalue weighted by Crippen LogP contribution is 2.24. The van der Waals surface area contributed by atoms with E-state index in [1.807, 2.05) is 24.3 Å². The average Bonchev–Trinajstić information content (AvgIpc) is 2.74. The van der Waals surface area contributed by atoms with Crippen molar-refractivity contribution in [1.29, 1.82) is 0 Å². The molecule has 1 unspecified atom stereocenters. The first kappa shape index (κ1) is 17.7. The van der Waals surface area contributed by atoms with Gasteiger partial charge >= 0.3 is 0 Å². The van der Waals surface area contributed by atoms with Crippen LogP contribution in [0.1, 0.15) is 36.9 Å². The van der Waals surface area contributed by atoms with Crippen LogP contribution in [0.5, 0.6) is 0 Å². The van der Waals surface area contributed by atoms with Crippen molar-refractivity contribution < 1.29 is 0 Å². The molecule has 3 aromatic rings. The van der Waals surface area contributed by atoms with E-state index in [2.05, 4.69) is 51.9 Å². The van der Waals surface area contributed by atoms with Crippen LogP contribution in [0.3, 0.4) is 0 Å². The smallest absolute Gasteiger partial charge is 0.272 e. The maximum atomic E-state index is 11.9. The van der Waals surface area contributed by atoms with Crippen LogP contribution in [0.15, 0.2) is 65.5 Å². The number of benzene rings is 2. The molecule has 138 valence electrons. The predicted octanol–water partition coefficient (Wildman–Crippen LogP) is 4.08. The number of hydrogen-bond donors (Lipinski definition) is 2. The van der Waals surface area contributed by atoms with Crippen molar-refractivity contribution in [3.8, 4) is 0 Å². The maximum absolute atomic E-state index is 11.9. The second-order valence-electron chi connectivity index (χ2n) is 7.20. The Kier molecular flexibility index (Phi) is 5.45. The lowest BCUT2D eigenvalue weighted by Crippen LogP contribution is -2.32. The van der Waals surface area contributed by atoms with Crippen molar-refractivity contribution in [2.45, 2.75) is 38.1 Å². The SMILES string of the molecule is O=c1[nH]nc(CCCCC2CC(c3ccccc3)=CCN2)c2ccccc12. The third kappa shape index (κ3) is 4.17. The van der Waals surface area contributed by atoms with Crippen LogP contribution >= 0.6 is 0 Å². The molecular weight excluding hydrogens is 334 g/mol. The molecule has 0 saturated heterocycles. The second kappa shape index (κ2) is 8.31. The Hall–Kier alpha value is -2.72. The third-order valence-corrected chi connectivity index (χ3v) is 5.36. The molecule has 1 aliphatic rings. The number of hydrogen-bond acceptors (Lipinski definition) is 3. The summed E-state index contributed by atoms with van der Waals surface area (Å²) in [5, 5.41) is 12.2. The number of unbranched alkanes of at least 4 members (excludes halogenated alkanes) is 1. The third-order valence-electron chi connectivity index (χ3n) is 5.36. The Morgan fingerprint density at radius 1 is 0.963 bits per heavy atom. The number of nitrogens with zero attached hydrogens (tertiary/aromatic N) is 1. The molecule has 1 atom stereocenters. The summed E-state index contributed by atoms with van der Waals surface area (Å²) in [5.74, 6) is 0. The Labute approximate surface area is 159 Å². The molecule has 0 aliphatic carbocycles. The van der Waals surface area contributed by atoms with Gasteiger partial charge in [-0.15, -0.1) is 0 Å². The molecule has 0 fully saturated rings. The first-order chi connectivity index (χ1) is 13.3. The van der Waals surface area contributed by atoms with Gasteiger partial charge in [-0.1, -0.05) is 61.0 Å². The quantitative estimate of drug-likeness (QED) is 0.652. The molecule has 2 aromatic carbocycles. The zero-order valence-electron chi connectivity index (χ0n) is 15.4. The second-order valence-corrected chi connectivity index (χ2v) is 7.20. The summed E-state index contributed by atoms with van der Waals surface area (Å²) < 4.78 is 0. The topological polar surface area (TPSA) is 57.8 Å². The largest absolute Gasteiger partial charge is 0.310 e. The summed E-state index contributed by atoms with van der Waals surface area (Å²) in [7, 11) is 0. The van der Waals surface area contributed by atoms with Crippen LogP contribution < -0.4 is 10.9 Å². The first-order valence-electron chi connectivity index (χ1n) is 9.75. The zero-order chi connectivity index (χ0) is 18.5. The van der Waals surface area contributed by atoms with Gasteiger partial charge in [0.15, 0.2) is 0 Å². The molecule has 4 nitrogen and oxygen atoms in total. The Balaban J connectivity index is 1.32. The van der Waals surface area contributed by atoms with Gasteiger partial charge in [0.05, 0.1) is 11.1 Å².